The van der Waals surface area contributed by atoms with E-state index in [1.165, 1.54) is 0 Å². The Bertz CT molecular complexity index is 790. The quantitative estimate of drug-likeness (QED) is 0.860. The first-order valence-corrected chi connectivity index (χ1v) is 8.89. The summed E-state index contributed by atoms with van der Waals surface area (Å²) in [5.41, 5.74) is 0.782. The smallest absolute Gasteiger partial charge is 0.308 e. The lowest BCUT2D eigenvalue weighted by atomic mass is 9.90. The summed E-state index contributed by atoms with van der Waals surface area (Å²) < 4.78 is 5.21. The Kier molecular flexibility index (Phi) is 5.56. The van der Waals surface area contributed by atoms with Crippen molar-refractivity contribution in [3.63, 3.8) is 0 Å². The Morgan fingerprint density at radius 3 is 2.73 bits per heavy atom. The van der Waals surface area contributed by atoms with E-state index in [2.05, 4.69) is 10.1 Å². The monoisotopic (exact) mass is 377 g/mol. The largest absolute Gasteiger partial charge is 0.481 e. The van der Waals surface area contributed by atoms with Gasteiger partial charge in [0.05, 0.1) is 5.92 Å². The van der Waals surface area contributed by atoms with Crippen molar-refractivity contribution < 1.29 is 19.2 Å². The van der Waals surface area contributed by atoms with Gasteiger partial charge in [-0.1, -0.05) is 23.7 Å². The number of piperidine rings is 1. The van der Waals surface area contributed by atoms with Crippen molar-refractivity contribution in [2.45, 2.75) is 26.2 Å². The molecule has 2 unspecified atom stereocenters. The molecule has 138 valence electrons. The minimum Gasteiger partial charge on any atom is -0.481 e. The maximum Gasteiger partial charge on any atom is 0.308 e. The Morgan fingerprint density at radius 1 is 1.31 bits per heavy atom. The first kappa shape index (κ1) is 18.4. The van der Waals surface area contributed by atoms with E-state index < -0.39 is 11.9 Å². The Labute approximate surface area is 155 Å². The molecular weight excluding hydrogens is 358 g/mol. The van der Waals surface area contributed by atoms with Crippen molar-refractivity contribution >= 4 is 23.5 Å². The van der Waals surface area contributed by atoms with Crippen molar-refractivity contribution in [3.05, 3.63) is 35.2 Å². The van der Waals surface area contributed by atoms with Crippen LogP contribution in [0.1, 0.15) is 25.7 Å². The van der Waals surface area contributed by atoms with E-state index in [4.69, 9.17) is 16.1 Å². The molecule has 1 fully saturated rings. The number of amides is 1. The molecule has 0 radical (unpaired) electrons. The van der Waals surface area contributed by atoms with Crippen LogP contribution >= 0.6 is 11.6 Å². The standard InChI is InChI=1S/C18H20ClN3O4/c1-11-8-13(18(24)25)10-22(9-11)16(23)7-6-15-20-17(21-26-15)12-2-4-14(19)5-3-12/h2-5,11,13H,6-10H2,1H3,(H,24,25). The molecule has 8 heteroatoms. The zero-order valence-electron chi connectivity index (χ0n) is 14.4. The molecule has 26 heavy (non-hydrogen) atoms. The van der Waals surface area contributed by atoms with Crippen LogP contribution < -0.4 is 0 Å². The molecular formula is C18H20ClN3O4. The van der Waals surface area contributed by atoms with Crippen molar-refractivity contribution in [3.8, 4) is 11.4 Å². The van der Waals surface area contributed by atoms with Crippen LogP contribution in [0.25, 0.3) is 11.4 Å². The molecule has 1 amide bonds. The van der Waals surface area contributed by atoms with Crippen molar-refractivity contribution in [1.82, 2.24) is 15.0 Å². The fourth-order valence-corrected chi connectivity index (χ4v) is 3.30. The highest BCUT2D eigenvalue weighted by Crippen LogP contribution is 2.23. The maximum atomic E-state index is 12.4. The molecule has 1 N–H and O–H groups in total. The number of hydrogen-bond donors (Lipinski definition) is 1. The van der Waals surface area contributed by atoms with Gasteiger partial charge in [-0.2, -0.15) is 4.98 Å². The summed E-state index contributed by atoms with van der Waals surface area (Å²) >= 11 is 5.86. The van der Waals surface area contributed by atoms with E-state index >= 15 is 0 Å². The molecule has 3 rings (SSSR count). The van der Waals surface area contributed by atoms with Crippen molar-refractivity contribution in [2.24, 2.45) is 11.8 Å². The first-order valence-electron chi connectivity index (χ1n) is 8.51. The van der Waals surface area contributed by atoms with E-state index in [0.717, 1.165) is 5.56 Å². The van der Waals surface area contributed by atoms with Crippen LogP contribution in [0.2, 0.25) is 5.02 Å². The number of carbonyl (C=O) groups excluding carboxylic acids is 1. The van der Waals surface area contributed by atoms with Gasteiger partial charge in [0, 0.05) is 36.5 Å². The van der Waals surface area contributed by atoms with Crippen LogP contribution in [0.5, 0.6) is 0 Å². The van der Waals surface area contributed by atoms with Gasteiger partial charge in [0.15, 0.2) is 0 Å². The van der Waals surface area contributed by atoms with Gasteiger partial charge in [-0.05, 0) is 36.6 Å². The molecule has 0 spiro atoms. The minimum absolute atomic E-state index is 0.0888. The third-order valence-corrected chi connectivity index (χ3v) is 4.74. The van der Waals surface area contributed by atoms with E-state index in [-0.39, 0.29) is 24.8 Å². The zero-order valence-corrected chi connectivity index (χ0v) is 15.1. The number of hydrogen-bond acceptors (Lipinski definition) is 5. The number of benzene rings is 1. The van der Waals surface area contributed by atoms with Gasteiger partial charge in [-0.25, -0.2) is 0 Å². The predicted octanol–water partition coefficient (Wildman–Crippen LogP) is 2.89. The van der Waals surface area contributed by atoms with Crippen LogP contribution in [-0.4, -0.2) is 45.1 Å². The Balaban J connectivity index is 1.58. The minimum atomic E-state index is -0.848. The number of nitrogens with zero attached hydrogens (tertiary/aromatic N) is 3. The summed E-state index contributed by atoms with van der Waals surface area (Å²) in [6, 6.07) is 7.08. The molecule has 0 bridgehead atoms. The summed E-state index contributed by atoms with van der Waals surface area (Å²) in [7, 11) is 0. The fraction of sp³-hybridized carbons (Fsp3) is 0.444. The molecule has 0 saturated carbocycles. The summed E-state index contributed by atoms with van der Waals surface area (Å²) in [6.07, 6.45) is 1.14. The summed E-state index contributed by atoms with van der Waals surface area (Å²) in [5.74, 6) is -0.436. The van der Waals surface area contributed by atoms with Gasteiger partial charge < -0.3 is 14.5 Å². The first-order chi connectivity index (χ1) is 12.4. The number of aryl methyl sites for hydroxylation is 1. The lowest BCUT2D eigenvalue weighted by molar-refractivity contribution is -0.146. The Morgan fingerprint density at radius 2 is 2.04 bits per heavy atom. The zero-order chi connectivity index (χ0) is 18.7. The highest BCUT2D eigenvalue weighted by molar-refractivity contribution is 6.30. The van der Waals surface area contributed by atoms with E-state index in [0.29, 0.717) is 36.1 Å². The average molecular weight is 378 g/mol. The number of likely N-dealkylation sites (tertiary alicyclic amines) is 1. The van der Waals surface area contributed by atoms with Gasteiger partial charge in [0.1, 0.15) is 0 Å². The van der Waals surface area contributed by atoms with Crippen LogP contribution in [0.15, 0.2) is 28.8 Å². The molecule has 1 saturated heterocycles. The number of aromatic nitrogens is 2. The average Bonchev–Trinajstić information content (AvgIpc) is 3.08. The molecule has 7 nitrogen and oxygen atoms in total. The Hall–Kier alpha value is -2.41. The second-order valence-electron chi connectivity index (χ2n) is 6.69. The van der Waals surface area contributed by atoms with Gasteiger partial charge in [-0.3, -0.25) is 9.59 Å². The second kappa shape index (κ2) is 7.86. The summed E-state index contributed by atoms with van der Waals surface area (Å²) in [4.78, 5) is 29.6. The second-order valence-corrected chi connectivity index (χ2v) is 7.13. The molecule has 2 aromatic rings. The van der Waals surface area contributed by atoms with E-state index in [1.807, 2.05) is 6.92 Å². The molecule has 0 aliphatic carbocycles. The number of halogens is 1. The normalized spacial score (nSPS) is 20.2. The molecule has 1 aromatic heterocycles. The molecule has 2 atom stereocenters. The fourth-order valence-electron chi connectivity index (χ4n) is 3.18. The van der Waals surface area contributed by atoms with Gasteiger partial charge in [-0.15, -0.1) is 0 Å². The molecule has 1 aliphatic heterocycles. The SMILES string of the molecule is CC1CC(C(=O)O)CN(C(=O)CCc2nc(-c3ccc(Cl)cc3)no2)C1. The van der Waals surface area contributed by atoms with Gasteiger partial charge in [0.2, 0.25) is 17.6 Å². The summed E-state index contributed by atoms with van der Waals surface area (Å²) in [6.45, 7) is 2.81. The summed E-state index contributed by atoms with van der Waals surface area (Å²) in [5, 5.41) is 13.8. The van der Waals surface area contributed by atoms with Crippen LogP contribution in [0.3, 0.4) is 0 Å². The van der Waals surface area contributed by atoms with E-state index in [1.54, 1.807) is 29.2 Å². The van der Waals surface area contributed by atoms with Crippen LogP contribution in [-0.2, 0) is 16.0 Å². The number of rotatable bonds is 5. The van der Waals surface area contributed by atoms with Crippen molar-refractivity contribution in [2.75, 3.05) is 13.1 Å². The number of carboxylic acid groups (broad SMARTS) is 1. The van der Waals surface area contributed by atoms with Crippen LogP contribution in [0.4, 0.5) is 0 Å². The third kappa shape index (κ3) is 4.40. The topological polar surface area (TPSA) is 96.5 Å². The highest BCUT2D eigenvalue weighted by atomic mass is 35.5. The van der Waals surface area contributed by atoms with E-state index in [9.17, 15) is 14.7 Å². The van der Waals surface area contributed by atoms with Gasteiger partial charge in [0.25, 0.3) is 0 Å². The highest BCUT2D eigenvalue weighted by Gasteiger charge is 2.31. The predicted molar refractivity (Wildman–Crippen MR) is 94.6 cm³/mol. The number of carboxylic acids is 1. The third-order valence-electron chi connectivity index (χ3n) is 4.48. The van der Waals surface area contributed by atoms with Crippen molar-refractivity contribution in [1.29, 1.82) is 0 Å². The lowest BCUT2D eigenvalue weighted by Gasteiger charge is -2.34. The number of aliphatic carboxylic acids is 1. The lowest BCUT2D eigenvalue weighted by Crippen LogP contribution is -2.45. The molecule has 1 aromatic carbocycles. The molecule has 2 heterocycles. The number of carbonyl (C=O) groups is 2. The molecule has 1 aliphatic rings. The van der Waals surface area contributed by atoms with Gasteiger partial charge >= 0.3 is 5.97 Å². The van der Waals surface area contributed by atoms with Crippen LogP contribution in [0, 0.1) is 11.8 Å². The maximum absolute atomic E-state index is 12.4.